The number of nitrogens with one attached hydrogen (secondary N) is 1. The molecule has 0 aliphatic rings. The van der Waals surface area contributed by atoms with Crippen LogP contribution in [0.2, 0.25) is 0 Å². The van der Waals surface area contributed by atoms with Crippen LogP contribution in [0, 0.1) is 6.92 Å². The molecule has 1 rings (SSSR count). The van der Waals surface area contributed by atoms with Crippen molar-refractivity contribution in [3.8, 4) is 5.75 Å². The standard InChI is InChI=1S/C13H20N2O2.ClH/c1-9-5-4-6-12(7-9)17-10(2)8-15-13(16)11(3)14;/h4-7,10-11H,8,14H2,1-3H3,(H,15,16);1H/t10?,11-;/m1./s1. The molecular formula is C13H21ClN2O2. The lowest BCUT2D eigenvalue weighted by atomic mass is 10.2. The van der Waals surface area contributed by atoms with Gasteiger partial charge in [0, 0.05) is 0 Å². The number of carbonyl (C=O) groups excluding carboxylic acids is 1. The Bertz CT molecular complexity index is 383. The highest BCUT2D eigenvalue weighted by atomic mass is 35.5. The van der Waals surface area contributed by atoms with E-state index in [0.29, 0.717) is 6.54 Å². The fraction of sp³-hybridized carbons (Fsp3) is 0.462. The molecule has 0 spiro atoms. The molecule has 1 aromatic carbocycles. The normalized spacial score (nSPS) is 13.1. The average Bonchev–Trinajstić information content (AvgIpc) is 2.25. The zero-order valence-electron chi connectivity index (χ0n) is 11.0. The summed E-state index contributed by atoms with van der Waals surface area (Å²) in [6.45, 7) is 6.02. The molecule has 102 valence electrons. The number of rotatable bonds is 5. The van der Waals surface area contributed by atoms with Crippen LogP contribution in [0.4, 0.5) is 0 Å². The molecule has 0 bridgehead atoms. The van der Waals surface area contributed by atoms with Gasteiger partial charge in [0.15, 0.2) is 0 Å². The van der Waals surface area contributed by atoms with E-state index in [-0.39, 0.29) is 24.4 Å². The SMILES string of the molecule is Cc1cccc(OC(C)CNC(=O)[C@@H](C)N)c1.Cl. The van der Waals surface area contributed by atoms with Crippen molar-refractivity contribution in [2.45, 2.75) is 32.9 Å². The van der Waals surface area contributed by atoms with E-state index in [1.165, 1.54) is 0 Å². The summed E-state index contributed by atoms with van der Waals surface area (Å²) in [4.78, 5) is 11.3. The van der Waals surface area contributed by atoms with Gasteiger partial charge in [-0.25, -0.2) is 0 Å². The van der Waals surface area contributed by atoms with Crippen LogP contribution in [0.15, 0.2) is 24.3 Å². The molecule has 2 atom stereocenters. The highest BCUT2D eigenvalue weighted by Crippen LogP contribution is 2.13. The van der Waals surface area contributed by atoms with Gasteiger partial charge in [-0.2, -0.15) is 0 Å². The van der Waals surface area contributed by atoms with Crippen molar-refractivity contribution in [1.29, 1.82) is 0 Å². The van der Waals surface area contributed by atoms with Gasteiger partial charge in [-0.3, -0.25) is 4.79 Å². The van der Waals surface area contributed by atoms with Crippen molar-refractivity contribution in [2.24, 2.45) is 5.73 Å². The molecule has 0 saturated heterocycles. The summed E-state index contributed by atoms with van der Waals surface area (Å²) in [7, 11) is 0. The molecule has 1 unspecified atom stereocenters. The molecule has 0 aliphatic heterocycles. The summed E-state index contributed by atoms with van der Waals surface area (Å²) >= 11 is 0. The van der Waals surface area contributed by atoms with Crippen LogP contribution in [-0.2, 0) is 4.79 Å². The van der Waals surface area contributed by atoms with Crippen LogP contribution in [-0.4, -0.2) is 24.6 Å². The maximum Gasteiger partial charge on any atom is 0.236 e. The summed E-state index contributed by atoms with van der Waals surface area (Å²) in [6, 6.07) is 7.33. The highest BCUT2D eigenvalue weighted by Gasteiger charge is 2.09. The molecule has 5 heteroatoms. The van der Waals surface area contributed by atoms with Gasteiger partial charge in [-0.15, -0.1) is 12.4 Å². The van der Waals surface area contributed by atoms with Gasteiger partial charge in [0.1, 0.15) is 11.9 Å². The second-order valence-electron chi connectivity index (χ2n) is 4.28. The molecule has 1 aromatic rings. The third kappa shape index (κ3) is 5.89. The summed E-state index contributed by atoms with van der Waals surface area (Å²) in [5.41, 5.74) is 6.59. The molecule has 0 fully saturated rings. The van der Waals surface area contributed by atoms with Gasteiger partial charge in [-0.1, -0.05) is 12.1 Å². The van der Waals surface area contributed by atoms with E-state index in [2.05, 4.69) is 5.32 Å². The molecular weight excluding hydrogens is 252 g/mol. The first kappa shape index (κ1) is 16.7. The number of hydrogen-bond donors (Lipinski definition) is 2. The number of benzene rings is 1. The topological polar surface area (TPSA) is 64.3 Å². The van der Waals surface area contributed by atoms with E-state index in [1.54, 1.807) is 6.92 Å². The number of aryl methyl sites for hydroxylation is 1. The molecule has 4 nitrogen and oxygen atoms in total. The van der Waals surface area contributed by atoms with Crippen LogP contribution in [0.1, 0.15) is 19.4 Å². The quantitative estimate of drug-likeness (QED) is 0.857. The highest BCUT2D eigenvalue weighted by molar-refractivity contribution is 5.85. The van der Waals surface area contributed by atoms with Crippen LogP contribution in [0.5, 0.6) is 5.75 Å². The minimum Gasteiger partial charge on any atom is -0.489 e. The van der Waals surface area contributed by atoms with Crippen molar-refractivity contribution in [3.63, 3.8) is 0 Å². The zero-order valence-corrected chi connectivity index (χ0v) is 11.8. The van der Waals surface area contributed by atoms with E-state index < -0.39 is 6.04 Å². The lowest BCUT2D eigenvalue weighted by molar-refractivity contribution is -0.122. The Balaban J connectivity index is 0.00000289. The third-order valence-corrected chi connectivity index (χ3v) is 2.30. The fourth-order valence-corrected chi connectivity index (χ4v) is 1.37. The van der Waals surface area contributed by atoms with Crippen molar-refractivity contribution in [1.82, 2.24) is 5.32 Å². The lowest BCUT2D eigenvalue weighted by Gasteiger charge is -2.16. The van der Waals surface area contributed by atoms with Crippen molar-refractivity contribution in [2.75, 3.05) is 6.54 Å². The van der Waals surface area contributed by atoms with Crippen LogP contribution < -0.4 is 15.8 Å². The molecule has 0 aromatic heterocycles. The smallest absolute Gasteiger partial charge is 0.236 e. The van der Waals surface area contributed by atoms with Crippen molar-refractivity contribution in [3.05, 3.63) is 29.8 Å². The monoisotopic (exact) mass is 272 g/mol. The molecule has 0 aliphatic carbocycles. The van der Waals surface area contributed by atoms with Gasteiger partial charge >= 0.3 is 0 Å². The first-order valence-electron chi connectivity index (χ1n) is 5.75. The van der Waals surface area contributed by atoms with Crippen LogP contribution in [0.3, 0.4) is 0 Å². The Hall–Kier alpha value is -1.26. The molecule has 0 heterocycles. The van der Waals surface area contributed by atoms with Crippen molar-refractivity contribution >= 4 is 18.3 Å². The Labute approximate surface area is 114 Å². The second-order valence-corrected chi connectivity index (χ2v) is 4.28. The summed E-state index contributed by atoms with van der Waals surface area (Å²) in [5.74, 6) is 0.650. The summed E-state index contributed by atoms with van der Waals surface area (Å²) in [5, 5.41) is 2.73. The van der Waals surface area contributed by atoms with Gasteiger partial charge in [0.2, 0.25) is 5.91 Å². The minimum absolute atomic E-state index is 0. The first-order chi connectivity index (χ1) is 7.99. The van der Waals surface area contributed by atoms with E-state index in [1.807, 2.05) is 38.1 Å². The summed E-state index contributed by atoms with van der Waals surface area (Å²) < 4.78 is 5.67. The predicted octanol–water partition coefficient (Wildman–Crippen LogP) is 1.65. The number of hydrogen-bond acceptors (Lipinski definition) is 3. The molecule has 18 heavy (non-hydrogen) atoms. The number of nitrogens with two attached hydrogens (primary N) is 1. The van der Waals surface area contributed by atoms with Crippen LogP contribution >= 0.6 is 12.4 Å². The fourth-order valence-electron chi connectivity index (χ4n) is 1.37. The average molecular weight is 273 g/mol. The molecule has 3 N–H and O–H groups in total. The predicted molar refractivity (Wildman–Crippen MR) is 75.2 cm³/mol. The second kappa shape index (κ2) is 7.95. The molecule has 1 amide bonds. The Morgan fingerprint density at radius 3 is 2.67 bits per heavy atom. The Morgan fingerprint density at radius 1 is 1.44 bits per heavy atom. The maximum atomic E-state index is 11.3. The van der Waals surface area contributed by atoms with E-state index >= 15 is 0 Å². The molecule has 0 saturated carbocycles. The van der Waals surface area contributed by atoms with E-state index in [4.69, 9.17) is 10.5 Å². The van der Waals surface area contributed by atoms with Gasteiger partial charge in [-0.05, 0) is 38.5 Å². The minimum atomic E-state index is -0.485. The largest absolute Gasteiger partial charge is 0.489 e. The van der Waals surface area contributed by atoms with Gasteiger partial charge < -0.3 is 15.8 Å². The van der Waals surface area contributed by atoms with E-state index in [9.17, 15) is 4.79 Å². The number of amides is 1. The first-order valence-corrected chi connectivity index (χ1v) is 5.75. The number of halogens is 1. The van der Waals surface area contributed by atoms with Crippen LogP contribution in [0.25, 0.3) is 0 Å². The zero-order chi connectivity index (χ0) is 12.8. The van der Waals surface area contributed by atoms with Gasteiger partial charge in [0.25, 0.3) is 0 Å². The van der Waals surface area contributed by atoms with Crippen molar-refractivity contribution < 1.29 is 9.53 Å². The Morgan fingerprint density at radius 2 is 2.11 bits per heavy atom. The lowest BCUT2D eigenvalue weighted by Crippen LogP contribution is -2.42. The third-order valence-electron chi connectivity index (χ3n) is 2.30. The number of ether oxygens (including phenoxy) is 1. The van der Waals surface area contributed by atoms with Gasteiger partial charge in [0.05, 0.1) is 12.6 Å². The van der Waals surface area contributed by atoms with E-state index in [0.717, 1.165) is 11.3 Å². The molecule has 0 radical (unpaired) electrons. The summed E-state index contributed by atoms with van der Waals surface area (Å²) in [6.07, 6.45) is -0.0838. The number of carbonyl (C=O) groups is 1. The maximum absolute atomic E-state index is 11.3. The Kier molecular flexibility index (Phi) is 7.39.